The monoisotopic (exact) mass is 464 g/mol. The lowest BCUT2D eigenvalue weighted by atomic mass is 10.1. The van der Waals surface area contributed by atoms with Crippen LogP contribution in [0.1, 0.15) is 23.6 Å². The van der Waals surface area contributed by atoms with Crippen molar-refractivity contribution in [1.29, 1.82) is 0 Å². The van der Waals surface area contributed by atoms with Gasteiger partial charge in [0.05, 0.1) is 4.90 Å². The van der Waals surface area contributed by atoms with E-state index >= 15 is 0 Å². The molecule has 1 atom stereocenters. The van der Waals surface area contributed by atoms with E-state index in [0.717, 1.165) is 16.3 Å². The van der Waals surface area contributed by atoms with Gasteiger partial charge in [-0.15, -0.1) is 0 Å². The van der Waals surface area contributed by atoms with E-state index in [0.29, 0.717) is 16.8 Å². The lowest BCUT2D eigenvalue weighted by molar-refractivity contribution is -0.149. The molecule has 32 heavy (non-hydrogen) atoms. The highest BCUT2D eigenvalue weighted by molar-refractivity contribution is 7.89. The maximum atomic E-state index is 14.0. The Morgan fingerprint density at radius 2 is 1.56 bits per heavy atom. The molecule has 0 spiro atoms. The van der Waals surface area contributed by atoms with Crippen molar-refractivity contribution < 1.29 is 21.6 Å². The fraction of sp³-hybridized carbons (Fsp3) is 0.333. The van der Waals surface area contributed by atoms with E-state index < -0.39 is 28.8 Å². The largest absolute Gasteiger partial charge is 0.406 e. The molecule has 0 heterocycles. The van der Waals surface area contributed by atoms with Gasteiger partial charge in [0.25, 0.3) is 0 Å². The number of likely N-dealkylation sites (N-methyl/N-ethyl adjacent to an activating group) is 1. The molecule has 1 unspecified atom stereocenters. The lowest BCUT2D eigenvalue weighted by Crippen LogP contribution is -2.52. The van der Waals surface area contributed by atoms with Crippen molar-refractivity contribution in [2.75, 3.05) is 18.0 Å². The van der Waals surface area contributed by atoms with E-state index in [2.05, 4.69) is 0 Å². The topological polar surface area (TPSA) is 49.4 Å². The Kier molecular flexibility index (Phi) is 6.86. The van der Waals surface area contributed by atoms with Crippen LogP contribution in [0.5, 0.6) is 0 Å². The summed E-state index contributed by atoms with van der Waals surface area (Å²) >= 11 is 0. The minimum atomic E-state index is -4.77. The fourth-order valence-corrected chi connectivity index (χ4v) is 5.81. The van der Waals surface area contributed by atoms with Crippen LogP contribution >= 0.6 is 0 Å². The van der Waals surface area contributed by atoms with E-state index in [1.165, 1.54) is 0 Å². The molecule has 0 fully saturated rings. The van der Waals surface area contributed by atoms with E-state index in [1.54, 1.807) is 49.9 Å². The lowest BCUT2D eigenvalue weighted by Gasteiger charge is -2.31. The molecular weight excluding hydrogens is 437 g/mol. The number of nitrogens with zero attached hydrogens (tertiary/aromatic N) is 1. The van der Waals surface area contributed by atoms with Crippen LogP contribution in [0.25, 0.3) is 10.8 Å². The Labute approximate surface area is 187 Å². The first kappa shape index (κ1) is 24.1. The van der Waals surface area contributed by atoms with Crippen molar-refractivity contribution in [3.05, 3.63) is 71.3 Å². The molecule has 8 heteroatoms. The zero-order chi connectivity index (χ0) is 23.7. The summed E-state index contributed by atoms with van der Waals surface area (Å²) in [6.07, 6.45) is -4.77. The number of rotatable bonds is 7. The SMILES string of the molecule is CCN(CC(NS(=O)(=O)c1c(C)cc(C)cc1C)C(F)(F)F)c1cccc2ccccc12. The van der Waals surface area contributed by atoms with Crippen molar-refractivity contribution in [3.63, 3.8) is 0 Å². The van der Waals surface area contributed by atoms with Crippen LogP contribution in [0.4, 0.5) is 18.9 Å². The molecule has 172 valence electrons. The Bertz CT molecular complexity index is 1200. The molecule has 0 saturated heterocycles. The number of anilines is 1. The summed E-state index contributed by atoms with van der Waals surface area (Å²) in [6, 6.07) is 13.9. The molecule has 0 bridgehead atoms. The average Bonchev–Trinajstić information content (AvgIpc) is 2.69. The Hall–Kier alpha value is -2.58. The second-order valence-corrected chi connectivity index (χ2v) is 9.63. The van der Waals surface area contributed by atoms with Crippen LogP contribution in [0, 0.1) is 20.8 Å². The summed E-state index contributed by atoms with van der Waals surface area (Å²) < 4.78 is 70.0. The predicted molar refractivity (Wildman–Crippen MR) is 123 cm³/mol. The normalized spacial score (nSPS) is 13.3. The molecule has 0 aliphatic rings. The van der Waals surface area contributed by atoms with Crippen LogP contribution in [0.2, 0.25) is 0 Å². The third-order valence-corrected chi connectivity index (χ3v) is 7.23. The summed E-state index contributed by atoms with van der Waals surface area (Å²) in [5, 5.41) is 1.71. The zero-order valence-corrected chi connectivity index (χ0v) is 19.3. The van der Waals surface area contributed by atoms with Crippen molar-refractivity contribution in [2.45, 2.75) is 44.8 Å². The van der Waals surface area contributed by atoms with E-state index in [9.17, 15) is 21.6 Å². The number of hydrogen-bond acceptors (Lipinski definition) is 3. The number of nitrogens with one attached hydrogen (secondary N) is 1. The summed E-state index contributed by atoms with van der Waals surface area (Å²) in [5.41, 5.74) is 2.30. The number of sulfonamides is 1. The van der Waals surface area contributed by atoms with Crippen molar-refractivity contribution in [2.24, 2.45) is 0 Å². The molecular formula is C24H27F3N2O2S. The maximum Gasteiger partial charge on any atom is 0.406 e. The Balaban J connectivity index is 1.98. The highest BCUT2D eigenvalue weighted by Crippen LogP contribution is 2.30. The highest BCUT2D eigenvalue weighted by atomic mass is 32.2. The third kappa shape index (κ3) is 5.07. The Morgan fingerprint density at radius 1 is 0.969 bits per heavy atom. The number of halogens is 3. The van der Waals surface area contributed by atoms with Crippen molar-refractivity contribution in [3.8, 4) is 0 Å². The molecule has 0 saturated carbocycles. The molecule has 0 amide bonds. The van der Waals surface area contributed by atoms with Crippen molar-refractivity contribution in [1.82, 2.24) is 4.72 Å². The maximum absolute atomic E-state index is 14.0. The second kappa shape index (κ2) is 9.11. The van der Waals surface area contributed by atoms with E-state index in [-0.39, 0.29) is 11.4 Å². The molecule has 4 nitrogen and oxygen atoms in total. The summed E-state index contributed by atoms with van der Waals surface area (Å²) in [5.74, 6) is 0. The van der Waals surface area contributed by atoms with Gasteiger partial charge in [0.1, 0.15) is 6.04 Å². The highest BCUT2D eigenvalue weighted by Gasteiger charge is 2.43. The van der Waals surface area contributed by atoms with Crippen LogP contribution < -0.4 is 9.62 Å². The van der Waals surface area contributed by atoms with Crippen molar-refractivity contribution >= 4 is 26.5 Å². The summed E-state index contributed by atoms with van der Waals surface area (Å²) in [4.78, 5) is 1.45. The smallest absolute Gasteiger partial charge is 0.369 e. The minimum Gasteiger partial charge on any atom is -0.369 e. The van der Waals surface area contributed by atoms with Gasteiger partial charge in [-0.25, -0.2) is 8.42 Å². The van der Waals surface area contributed by atoms with Gasteiger partial charge in [0.15, 0.2) is 0 Å². The Morgan fingerprint density at radius 3 is 2.16 bits per heavy atom. The second-order valence-electron chi connectivity index (χ2n) is 7.98. The molecule has 0 aliphatic carbocycles. The van der Waals surface area contributed by atoms with Crippen LogP contribution in [-0.4, -0.2) is 33.7 Å². The number of hydrogen-bond donors (Lipinski definition) is 1. The first-order chi connectivity index (χ1) is 14.9. The first-order valence-corrected chi connectivity index (χ1v) is 11.8. The fourth-order valence-electron chi connectivity index (χ4n) is 4.15. The van der Waals surface area contributed by atoms with Crippen LogP contribution in [0.3, 0.4) is 0 Å². The van der Waals surface area contributed by atoms with Gasteiger partial charge in [0, 0.05) is 24.2 Å². The average molecular weight is 465 g/mol. The predicted octanol–water partition coefficient (Wildman–Crippen LogP) is 5.50. The molecule has 1 N–H and O–H groups in total. The van der Waals surface area contributed by atoms with E-state index in [4.69, 9.17) is 0 Å². The minimum absolute atomic E-state index is 0.106. The molecule has 0 aromatic heterocycles. The van der Waals surface area contributed by atoms with Crippen LogP contribution in [-0.2, 0) is 10.0 Å². The van der Waals surface area contributed by atoms with Gasteiger partial charge in [-0.1, -0.05) is 54.1 Å². The van der Waals surface area contributed by atoms with Gasteiger partial charge in [-0.2, -0.15) is 17.9 Å². The third-order valence-electron chi connectivity index (χ3n) is 5.46. The number of alkyl halides is 3. The van der Waals surface area contributed by atoms with Gasteiger partial charge < -0.3 is 4.90 Å². The molecule has 0 aliphatic heterocycles. The van der Waals surface area contributed by atoms with Gasteiger partial charge in [-0.05, 0) is 50.3 Å². The number of fused-ring (bicyclic) bond motifs is 1. The number of benzene rings is 3. The first-order valence-electron chi connectivity index (χ1n) is 10.3. The summed E-state index contributed by atoms with van der Waals surface area (Å²) in [6.45, 7) is 6.48. The number of aryl methyl sites for hydroxylation is 3. The standard InChI is InChI=1S/C24H27F3N2O2S/c1-5-29(21-12-8-10-19-9-6-7-11-20(19)21)15-22(24(25,26)27)28-32(30,31)23-17(3)13-16(2)14-18(23)4/h6-14,22,28H,5,15H2,1-4H3. The molecule has 0 radical (unpaired) electrons. The van der Waals surface area contributed by atoms with Crippen LogP contribution in [0.15, 0.2) is 59.5 Å². The van der Waals surface area contributed by atoms with Gasteiger partial charge in [-0.3, -0.25) is 0 Å². The molecule has 3 aromatic carbocycles. The quantitative estimate of drug-likeness (QED) is 0.502. The molecule has 3 rings (SSSR count). The summed E-state index contributed by atoms with van der Waals surface area (Å²) in [7, 11) is -4.40. The zero-order valence-electron chi connectivity index (χ0n) is 18.5. The van der Waals surface area contributed by atoms with Gasteiger partial charge >= 0.3 is 6.18 Å². The van der Waals surface area contributed by atoms with E-state index in [1.807, 2.05) is 42.0 Å². The van der Waals surface area contributed by atoms with Gasteiger partial charge in [0.2, 0.25) is 10.0 Å². The molecule has 3 aromatic rings.